The maximum Gasteiger partial charge on any atom is 0.0189 e. The van der Waals surface area contributed by atoms with Crippen molar-refractivity contribution >= 4 is 0 Å². The lowest BCUT2D eigenvalue weighted by Gasteiger charge is -2.28. The number of nitrogens with zero attached hydrogens (tertiary/aromatic N) is 1. The van der Waals surface area contributed by atoms with Gasteiger partial charge in [-0.1, -0.05) is 19.8 Å². The molecular formula is C11H24N2. The lowest BCUT2D eigenvalue weighted by Crippen LogP contribution is -2.41. The van der Waals surface area contributed by atoms with Crippen LogP contribution in [0.3, 0.4) is 0 Å². The van der Waals surface area contributed by atoms with Gasteiger partial charge in [0.25, 0.3) is 0 Å². The number of rotatable bonds is 5. The van der Waals surface area contributed by atoms with E-state index in [2.05, 4.69) is 31.2 Å². The highest BCUT2D eigenvalue weighted by atomic mass is 15.2. The number of hydrogen-bond acceptors (Lipinski definition) is 2. The molecule has 1 atom stereocenters. The van der Waals surface area contributed by atoms with E-state index < -0.39 is 0 Å². The summed E-state index contributed by atoms with van der Waals surface area (Å²) in [5.74, 6) is 0. The summed E-state index contributed by atoms with van der Waals surface area (Å²) in [6.07, 6.45) is 6.93. The Morgan fingerprint density at radius 2 is 2.00 bits per heavy atom. The van der Waals surface area contributed by atoms with E-state index in [-0.39, 0.29) is 0 Å². The number of likely N-dealkylation sites (N-methyl/N-ethyl adjacent to an activating group) is 2. The molecule has 0 amide bonds. The molecule has 0 saturated heterocycles. The van der Waals surface area contributed by atoms with Crippen LogP contribution >= 0.6 is 0 Å². The molecule has 13 heavy (non-hydrogen) atoms. The van der Waals surface area contributed by atoms with E-state index in [1.54, 1.807) is 0 Å². The SMILES string of the molecule is CCC(CN(C)C1CCCC1)NC. The van der Waals surface area contributed by atoms with E-state index in [0.717, 1.165) is 6.04 Å². The fourth-order valence-electron chi connectivity index (χ4n) is 2.27. The van der Waals surface area contributed by atoms with Gasteiger partial charge in [-0.05, 0) is 33.4 Å². The largest absolute Gasteiger partial charge is 0.316 e. The lowest BCUT2D eigenvalue weighted by atomic mass is 10.1. The van der Waals surface area contributed by atoms with E-state index in [1.165, 1.54) is 38.6 Å². The van der Waals surface area contributed by atoms with Crippen LogP contribution in [0.4, 0.5) is 0 Å². The summed E-state index contributed by atoms with van der Waals surface area (Å²) in [5.41, 5.74) is 0. The van der Waals surface area contributed by atoms with Gasteiger partial charge in [0, 0.05) is 18.6 Å². The first-order chi connectivity index (χ1) is 6.27. The van der Waals surface area contributed by atoms with Crippen molar-refractivity contribution in [2.45, 2.75) is 51.1 Å². The minimum atomic E-state index is 0.672. The third kappa shape index (κ3) is 3.28. The van der Waals surface area contributed by atoms with Gasteiger partial charge >= 0.3 is 0 Å². The van der Waals surface area contributed by atoms with Crippen LogP contribution in [-0.2, 0) is 0 Å². The maximum atomic E-state index is 3.36. The normalized spacial score (nSPS) is 21.2. The van der Waals surface area contributed by atoms with Gasteiger partial charge in [-0.15, -0.1) is 0 Å². The van der Waals surface area contributed by atoms with Crippen LogP contribution in [0.2, 0.25) is 0 Å². The third-order valence-electron chi connectivity index (χ3n) is 3.36. The van der Waals surface area contributed by atoms with Gasteiger partial charge < -0.3 is 10.2 Å². The Morgan fingerprint density at radius 3 is 2.46 bits per heavy atom. The lowest BCUT2D eigenvalue weighted by molar-refractivity contribution is 0.219. The Hall–Kier alpha value is -0.0800. The van der Waals surface area contributed by atoms with Crippen LogP contribution in [0, 0.1) is 0 Å². The average Bonchev–Trinajstić information content (AvgIpc) is 2.66. The molecule has 1 fully saturated rings. The van der Waals surface area contributed by atoms with Gasteiger partial charge in [-0.2, -0.15) is 0 Å². The molecular weight excluding hydrogens is 160 g/mol. The fourth-order valence-corrected chi connectivity index (χ4v) is 2.27. The van der Waals surface area contributed by atoms with Crippen molar-refractivity contribution in [2.24, 2.45) is 0 Å². The second-order valence-electron chi connectivity index (χ2n) is 4.27. The summed E-state index contributed by atoms with van der Waals surface area (Å²) in [6, 6.07) is 1.54. The zero-order chi connectivity index (χ0) is 9.68. The second kappa shape index (κ2) is 5.61. The summed E-state index contributed by atoms with van der Waals surface area (Å²) >= 11 is 0. The second-order valence-corrected chi connectivity index (χ2v) is 4.27. The molecule has 0 radical (unpaired) electrons. The summed E-state index contributed by atoms with van der Waals surface area (Å²) in [5, 5.41) is 3.36. The van der Waals surface area contributed by atoms with Gasteiger partial charge in [-0.3, -0.25) is 0 Å². The molecule has 0 aromatic heterocycles. The minimum Gasteiger partial charge on any atom is -0.316 e. The topological polar surface area (TPSA) is 15.3 Å². The minimum absolute atomic E-state index is 0.672. The van der Waals surface area contributed by atoms with Crippen molar-refractivity contribution in [1.29, 1.82) is 0 Å². The first-order valence-corrected chi connectivity index (χ1v) is 5.65. The molecule has 0 aliphatic heterocycles. The van der Waals surface area contributed by atoms with Gasteiger partial charge in [0.05, 0.1) is 0 Å². The molecule has 1 saturated carbocycles. The van der Waals surface area contributed by atoms with E-state index in [9.17, 15) is 0 Å². The molecule has 1 aliphatic rings. The summed E-state index contributed by atoms with van der Waals surface area (Å²) < 4.78 is 0. The van der Waals surface area contributed by atoms with Crippen LogP contribution in [0.1, 0.15) is 39.0 Å². The summed E-state index contributed by atoms with van der Waals surface area (Å²) in [6.45, 7) is 3.46. The van der Waals surface area contributed by atoms with E-state index >= 15 is 0 Å². The molecule has 1 rings (SSSR count). The Morgan fingerprint density at radius 1 is 1.38 bits per heavy atom. The fraction of sp³-hybridized carbons (Fsp3) is 1.00. The quantitative estimate of drug-likeness (QED) is 0.701. The van der Waals surface area contributed by atoms with Gasteiger partial charge in [0.2, 0.25) is 0 Å². The van der Waals surface area contributed by atoms with Gasteiger partial charge in [0.1, 0.15) is 0 Å². The number of hydrogen-bond donors (Lipinski definition) is 1. The predicted octanol–water partition coefficient (Wildman–Crippen LogP) is 1.86. The predicted molar refractivity (Wildman–Crippen MR) is 58.0 cm³/mol. The van der Waals surface area contributed by atoms with Crippen molar-refractivity contribution in [3.63, 3.8) is 0 Å². The molecule has 1 unspecified atom stereocenters. The summed E-state index contributed by atoms with van der Waals surface area (Å²) in [7, 11) is 4.34. The highest BCUT2D eigenvalue weighted by molar-refractivity contribution is 4.78. The molecule has 0 aromatic rings. The first kappa shape index (κ1) is 11.0. The van der Waals surface area contributed by atoms with Crippen LogP contribution in [-0.4, -0.2) is 37.6 Å². The molecule has 0 bridgehead atoms. The van der Waals surface area contributed by atoms with Crippen LogP contribution < -0.4 is 5.32 Å². The van der Waals surface area contributed by atoms with Crippen LogP contribution in [0.15, 0.2) is 0 Å². The third-order valence-corrected chi connectivity index (χ3v) is 3.36. The molecule has 2 heteroatoms. The highest BCUT2D eigenvalue weighted by Crippen LogP contribution is 2.22. The van der Waals surface area contributed by atoms with Crippen molar-refractivity contribution in [1.82, 2.24) is 10.2 Å². The standard InChI is InChI=1S/C11H24N2/c1-4-10(12-2)9-13(3)11-7-5-6-8-11/h10-12H,4-9H2,1-3H3. The Bertz CT molecular complexity index is 126. The Kier molecular flexibility index (Phi) is 4.74. The van der Waals surface area contributed by atoms with Crippen molar-refractivity contribution in [3.8, 4) is 0 Å². The zero-order valence-electron chi connectivity index (χ0n) is 9.34. The maximum absolute atomic E-state index is 3.36. The average molecular weight is 184 g/mol. The summed E-state index contributed by atoms with van der Waals surface area (Å²) in [4.78, 5) is 2.54. The number of nitrogens with one attached hydrogen (secondary N) is 1. The van der Waals surface area contributed by atoms with Crippen molar-refractivity contribution < 1.29 is 0 Å². The molecule has 0 aromatic carbocycles. The molecule has 1 aliphatic carbocycles. The monoisotopic (exact) mass is 184 g/mol. The Labute approximate surface area is 82.7 Å². The van der Waals surface area contributed by atoms with Gasteiger partial charge in [-0.25, -0.2) is 0 Å². The van der Waals surface area contributed by atoms with E-state index in [0.29, 0.717) is 6.04 Å². The molecule has 2 nitrogen and oxygen atoms in total. The smallest absolute Gasteiger partial charge is 0.0189 e. The van der Waals surface area contributed by atoms with Gasteiger partial charge in [0.15, 0.2) is 0 Å². The molecule has 1 N–H and O–H groups in total. The molecule has 0 spiro atoms. The zero-order valence-corrected chi connectivity index (χ0v) is 9.34. The van der Waals surface area contributed by atoms with Crippen molar-refractivity contribution in [3.05, 3.63) is 0 Å². The van der Waals surface area contributed by atoms with Crippen molar-refractivity contribution in [2.75, 3.05) is 20.6 Å². The molecule has 0 heterocycles. The highest BCUT2D eigenvalue weighted by Gasteiger charge is 2.20. The van der Waals surface area contributed by atoms with E-state index in [4.69, 9.17) is 0 Å². The van der Waals surface area contributed by atoms with Crippen LogP contribution in [0.5, 0.6) is 0 Å². The Balaban J connectivity index is 2.25. The van der Waals surface area contributed by atoms with E-state index in [1.807, 2.05) is 0 Å². The first-order valence-electron chi connectivity index (χ1n) is 5.65. The van der Waals surface area contributed by atoms with Crippen LogP contribution in [0.25, 0.3) is 0 Å². The molecule has 78 valence electrons.